The van der Waals surface area contributed by atoms with Gasteiger partial charge in [0.1, 0.15) is 30.2 Å². The maximum atomic E-state index is 10.2. The number of aliphatic hydroxyl groups excluding tert-OH is 4. The quantitative estimate of drug-likeness (QED) is 0.520. The Morgan fingerprint density at radius 1 is 1.03 bits per heavy atom. The van der Waals surface area contributed by atoms with Gasteiger partial charge in [0.05, 0.1) is 13.2 Å². The lowest BCUT2D eigenvalue weighted by molar-refractivity contribution is -0.277. The summed E-state index contributed by atoms with van der Waals surface area (Å²) in [6, 6.07) is 15.7. The SMILES string of the molecule is CC1(C)c2ccccc2N2CCOC21/C=C/c1ccc(O[C@@H]2O[C@H](CO)[C@H](O)[C@H](O)[C@H]2O)cc1. The second-order valence-corrected chi connectivity index (χ2v) is 9.56. The lowest BCUT2D eigenvalue weighted by atomic mass is 9.77. The van der Waals surface area contributed by atoms with E-state index in [1.165, 1.54) is 11.3 Å². The molecule has 34 heavy (non-hydrogen) atoms. The molecule has 4 N–H and O–H groups in total. The molecule has 2 saturated heterocycles. The number of fused-ring (bicyclic) bond motifs is 3. The smallest absolute Gasteiger partial charge is 0.229 e. The molecule has 2 fully saturated rings. The third kappa shape index (κ3) is 3.53. The van der Waals surface area contributed by atoms with Crippen LogP contribution < -0.4 is 9.64 Å². The standard InChI is InChI=1S/C26H31NO7/c1-25(2)18-5-3-4-6-19(18)27-13-14-32-26(25,27)12-11-16-7-9-17(10-8-16)33-24-23(31)22(30)21(29)20(15-28)34-24/h3-12,20-24,28-31H,13-15H2,1-2H3/b12-11+/t20-,21+,22+,23-,24-,26?/m1/s1. The number of hydrogen-bond donors (Lipinski definition) is 4. The van der Waals surface area contributed by atoms with Crippen LogP contribution in [-0.2, 0) is 14.9 Å². The second kappa shape index (κ2) is 8.64. The van der Waals surface area contributed by atoms with Crippen molar-refractivity contribution in [3.8, 4) is 5.75 Å². The summed E-state index contributed by atoms with van der Waals surface area (Å²) in [6.07, 6.45) is -2.43. The van der Waals surface area contributed by atoms with E-state index in [4.69, 9.17) is 14.2 Å². The summed E-state index contributed by atoms with van der Waals surface area (Å²) in [6.45, 7) is 5.40. The molecule has 3 heterocycles. The molecule has 2 aromatic rings. The Balaban J connectivity index is 1.33. The fraction of sp³-hybridized carbons (Fsp3) is 0.462. The Bertz CT molecular complexity index is 1050. The van der Waals surface area contributed by atoms with Gasteiger partial charge in [-0.2, -0.15) is 0 Å². The number of para-hydroxylation sites is 1. The Labute approximate surface area is 198 Å². The maximum absolute atomic E-state index is 10.2. The molecule has 8 heteroatoms. The Hall–Kier alpha value is -2.46. The lowest BCUT2D eigenvalue weighted by Gasteiger charge is -2.40. The summed E-state index contributed by atoms with van der Waals surface area (Å²) in [5.41, 5.74) is 2.61. The van der Waals surface area contributed by atoms with Crippen molar-refractivity contribution in [3.63, 3.8) is 0 Å². The number of aliphatic hydroxyl groups is 4. The summed E-state index contributed by atoms with van der Waals surface area (Å²) < 4.78 is 17.5. The van der Waals surface area contributed by atoms with E-state index in [1.54, 1.807) is 12.1 Å². The van der Waals surface area contributed by atoms with Crippen LogP contribution in [0.1, 0.15) is 25.0 Å². The summed E-state index contributed by atoms with van der Waals surface area (Å²) in [5.74, 6) is 0.423. The fourth-order valence-corrected chi connectivity index (χ4v) is 5.30. The average molecular weight is 470 g/mol. The van der Waals surface area contributed by atoms with Crippen LogP contribution in [0.3, 0.4) is 0 Å². The van der Waals surface area contributed by atoms with Crippen molar-refractivity contribution >= 4 is 11.8 Å². The third-order valence-corrected chi connectivity index (χ3v) is 7.28. The first kappa shape index (κ1) is 23.3. The van der Waals surface area contributed by atoms with Gasteiger partial charge in [0, 0.05) is 17.6 Å². The molecular weight excluding hydrogens is 438 g/mol. The van der Waals surface area contributed by atoms with Gasteiger partial charge in [-0.1, -0.05) is 50.3 Å². The Kier molecular flexibility index (Phi) is 5.92. The van der Waals surface area contributed by atoms with E-state index in [0.29, 0.717) is 12.4 Å². The van der Waals surface area contributed by atoms with Crippen LogP contribution in [-0.4, -0.2) is 76.6 Å². The van der Waals surface area contributed by atoms with Gasteiger partial charge in [-0.25, -0.2) is 0 Å². The molecule has 0 bridgehead atoms. The second-order valence-electron chi connectivity index (χ2n) is 9.56. The molecule has 1 unspecified atom stereocenters. The molecule has 5 rings (SSSR count). The van der Waals surface area contributed by atoms with E-state index < -0.39 is 43.0 Å². The first-order valence-corrected chi connectivity index (χ1v) is 11.6. The van der Waals surface area contributed by atoms with Gasteiger partial charge in [0.2, 0.25) is 6.29 Å². The lowest BCUT2D eigenvalue weighted by Crippen LogP contribution is -2.60. The topological polar surface area (TPSA) is 112 Å². The van der Waals surface area contributed by atoms with Crippen LogP contribution in [0, 0.1) is 0 Å². The van der Waals surface area contributed by atoms with Crippen LogP contribution in [0.4, 0.5) is 5.69 Å². The molecule has 0 aliphatic carbocycles. The van der Waals surface area contributed by atoms with Gasteiger partial charge in [0.15, 0.2) is 5.72 Å². The van der Waals surface area contributed by atoms with Crippen molar-refractivity contribution < 1.29 is 34.6 Å². The third-order valence-electron chi connectivity index (χ3n) is 7.28. The van der Waals surface area contributed by atoms with E-state index in [-0.39, 0.29) is 5.41 Å². The van der Waals surface area contributed by atoms with Crippen molar-refractivity contribution in [2.24, 2.45) is 0 Å². The summed E-state index contributed by atoms with van der Waals surface area (Å²) >= 11 is 0. The molecule has 3 aliphatic heterocycles. The van der Waals surface area contributed by atoms with Crippen molar-refractivity contribution in [1.82, 2.24) is 0 Å². The molecule has 0 spiro atoms. The summed E-state index contributed by atoms with van der Waals surface area (Å²) in [4.78, 5) is 2.33. The number of hydrogen-bond acceptors (Lipinski definition) is 8. The average Bonchev–Trinajstić information content (AvgIpc) is 3.36. The van der Waals surface area contributed by atoms with Crippen molar-refractivity contribution in [1.29, 1.82) is 0 Å². The van der Waals surface area contributed by atoms with Gasteiger partial charge < -0.3 is 39.5 Å². The molecule has 0 aromatic heterocycles. The summed E-state index contributed by atoms with van der Waals surface area (Å²) in [5, 5.41) is 39.4. The van der Waals surface area contributed by atoms with Gasteiger partial charge in [-0.3, -0.25) is 0 Å². The van der Waals surface area contributed by atoms with E-state index in [9.17, 15) is 20.4 Å². The number of ether oxygens (including phenoxy) is 3. The van der Waals surface area contributed by atoms with Crippen LogP contribution >= 0.6 is 0 Å². The number of benzene rings is 2. The normalized spacial score (nSPS) is 34.3. The zero-order valence-corrected chi connectivity index (χ0v) is 19.2. The molecule has 0 amide bonds. The minimum atomic E-state index is -1.48. The molecule has 8 nitrogen and oxygen atoms in total. The molecule has 2 aromatic carbocycles. The molecule has 3 aliphatic rings. The van der Waals surface area contributed by atoms with Crippen LogP contribution in [0.5, 0.6) is 5.75 Å². The zero-order chi connectivity index (χ0) is 24.1. The monoisotopic (exact) mass is 469 g/mol. The number of nitrogens with zero attached hydrogens (tertiary/aromatic N) is 1. The number of rotatable bonds is 5. The molecular formula is C26H31NO7. The van der Waals surface area contributed by atoms with E-state index in [0.717, 1.165) is 12.1 Å². The summed E-state index contributed by atoms with van der Waals surface area (Å²) in [7, 11) is 0. The van der Waals surface area contributed by atoms with Gasteiger partial charge in [-0.15, -0.1) is 0 Å². The van der Waals surface area contributed by atoms with Crippen molar-refractivity contribution in [2.75, 3.05) is 24.7 Å². The minimum Gasteiger partial charge on any atom is -0.462 e. The zero-order valence-electron chi connectivity index (χ0n) is 19.2. The van der Waals surface area contributed by atoms with Crippen molar-refractivity contribution in [3.05, 3.63) is 65.7 Å². The van der Waals surface area contributed by atoms with E-state index in [2.05, 4.69) is 49.1 Å². The first-order valence-electron chi connectivity index (χ1n) is 11.6. The highest BCUT2D eigenvalue weighted by Crippen LogP contribution is 2.54. The maximum Gasteiger partial charge on any atom is 0.229 e. The highest BCUT2D eigenvalue weighted by atomic mass is 16.7. The highest BCUT2D eigenvalue weighted by Gasteiger charge is 2.58. The van der Waals surface area contributed by atoms with E-state index >= 15 is 0 Å². The van der Waals surface area contributed by atoms with Crippen LogP contribution in [0.2, 0.25) is 0 Å². The largest absolute Gasteiger partial charge is 0.462 e. The van der Waals surface area contributed by atoms with Crippen molar-refractivity contribution in [2.45, 2.75) is 55.7 Å². The van der Waals surface area contributed by atoms with Crippen LogP contribution in [0.25, 0.3) is 6.08 Å². The molecule has 182 valence electrons. The van der Waals surface area contributed by atoms with Gasteiger partial charge >= 0.3 is 0 Å². The molecule has 6 atom stereocenters. The minimum absolute atomic E-state index is 0.233. The first-order chi connectivity index (χ1) is 16.3. The predicted octanol–water partition coefficient (Wildman–Crippen LogP) is 1.40. The predicted molar refractivity (Wildman–Crippen MR) is 125 cm³/mol. The van der Waals surface area contributed by atoms with Gasteiger partial charge in [0.25, 0.3) is 0 Å². The molecule has 0 saturated carbocycles. The number of anilines is 1. The van der Waals surface area contributed by atoms with Crippen LogP contribution in [0.15, 0.2) is 54.6 Å². The Morgan fingerprint density at radius 3 is 2.50 bits per heavy atom. The van der Waals surface area contributed by atoms with E-state index in [1.807, 2.05) is 18.2 Å². The van der Waals surface area contributed by atoms with Gasteiger partial charge in [-0.05, 0) is 35.4 Å². The highest BCUT2D eigenvalue weighted by molar-refractivity contribution is 5.69. The molecule has 0 radical (unpaired) electrons. The Morgan fingerprint density at radius 2 is 1.76 bits per heavy atom. The fourth-order valence-electron chi connectivity index (χ4n) is 5.30.